The van der Waals surface area contributed by atoms with Gasteiger partial charge in [0.2, 0.25) is 0 Å². The minimum atomic E-state index is -0.778. The fraction of sp³-hybridized carbons (Fsp3) is 0.333. The lowest BCUT2D eigenvalue weighted by molar-refractivity contribution is 0.754. The molecule has 9 heavy (non-hydrogen) atoms. The van der Waals surface area contributed by atoms with Crippen LogP contribution in [0.4, 0.5) is 0 Å². The minimum Gasteiger partial charge on any atom is -0.390 e. The van der Waals surface area contributed by atoms with Crippen LogP contribution in [0.15, 0.2) is 9.98 Å². The summed E-state index contributed by atoms with van der Waals surface area (Å²) in [6.07, 6.45) is 0.261. The fourth-order valence-corrected chi connectivity index (χ4v) is 0.274. The van der Waals surface area contributed by atoms with Crippen LogP contribution < -0.4 is 22.9 Å². The SMILES string of the molecule is NC=NC(N)N=C(N)N. The predicted molar refractivity (Wildman–Crippen MR) is 36.5 cm³/mol. The van der Waals surface area contributed by atoms with E-state index < -0.39 is 6.29 Å². The standard InChI is InChI=1S/C3H10N6/c4-1-8-3(7)9-2(5)6/h1,3H,7H2,(H2,4,8)(H4,5,6,9). The Kier molecular flexibility index (Phi) is 3.14. The first-order valence-electron chi connectivity index (χ1n) is 2.24. The Hall–Kier alpha value is -1.30. The van der Waals surface area contributed by atoms with Gasteiger partial charge in [-0.3, -0.25) is 5.73 Å². The van der Waals surface area contributed by atoms with Crippen molar-refractivity contribution in [2.24, 2.45) is 32.9 Å². The molecule has 0 aliphatic rings. The molecule has 0 fully saturated rings. The van der Waals surface area contributed by atoms with E-state index in [1.165, 1.54) is 0 Å². The molecule has 1 atom stereocenters. The first-order chi connectivity index (χ1) is 4.16. The minimum absolute atomic E-state index is 0.104. The smallest absolute Gasteiger partial charge is 0.196 e. The van der Waals surface area contributed by atoms with E-state index in [4.69, 9.17) is 22.9 Å². The van der Waals surface area contributed by atoms with E-state index in [0.717, 1.165) is 6.34 Å². The Morgan fingerprint density at radius 2 is 2.00 bits per heavy atom. The molecule has 6 heteroatoms. The molecule has 0 saturated carbocycles. The monoisotopic (exact) mass is 130 g/mol. The molecule has 0 bridgehead atoms. The van der Waals surface area contributed by atoms with Gasteiger partial charge in [-0.2, -0.15) is 0 Å². The lowest BCUT2D eigenvalue weighted by Gasteiger charge is -1.96. The lowest BCUT2D eigenvalue weighted by atomic mass is 10.9. The topological polar surface area (TPSA) is 129 Å². The molecule has 0 saturated heterocycles. The summed E-state index contributed by atoms with van der Waals surface area (Å²) in [6, 6.07) is 0. The first kappa shape index (κ1) is 7.70. The van der Waals surface area contributed by atoms with Crippen molar-refractivity contribution in [1.82, 2.24) is 0 Å². The highest BCUT2D eigenvalue weighted by atomic mass is 15.2. The lowest BCUT2D eigenvalue weighted by Crippen LogP contribution is -2.28. The van der Waals surface area contributed by atoms with E-state index in [-0.39, 0.29) is 5.96 Å². The van der Waals surface area contributed by atoms with E-state index in [2.05, 4.69) is 9.98 Å². The Balaban J connectivity index is 3.76. The molecule has 0 aromatic heterocycles. The van der Waals surface area contributed by atoms with Crippen molar-refractivity contribution in [2.75, 3.05) is 0 Å². The van der Waals surface area contributed by atoms with Crippen molar-refractivity contribution < 1.29 is 0 Å². The second kappa shape index (κ2) is 3.67. The molecule has 0 amide bonds. The molecule has 0 rings (SSSR count). The molecule has 0 aromatic carbocycles. The number of nitrogens with two attached hydrogens (primary N) is 4. The highest BCUT2D eigenvalue weighted by molar-refractivity contribution is 5.75. The van der Waals surface area contributed by atoms with Crippen molar-refractivity contribution in [3.63, 3.8) is 0 Å². The molecule has 0 radical (unpaired) electrons. The zero-order valence-corrected chi connectivity index (χ0v) is 4.86. The van der Waals surface area contributed by atoms with Crippen LogP contribution in [-0.4, -0.2) is 18.6 Å². The van der Waals surface area contributed by atoms with Gasteiger partial charge in [0.15, 0.2) is 12.2 Å². The van der Waals surface area contributed by atoms with Crippen molar-refractivity contribution in [2.45, 2.75) is 6.29 Å². The summed E-state index contributed by atoms with van der Waals surface area (Å²) in [5.41, 5.74) is 20.0. The molecule has 0 aromatic rings. The highest BCUT2D eigenvalue weighted by Gasteiger charge is 1.90. The average Bonchev–Trinajstić information content (AvgIpc) is 1.63. The van der Waals surface area contributed by atoms with Gasteiger partial charge in [0.1, 0.15) is 0 Å². The summed E-state index contributed by atoms with van der Waals surface area (Å²) in [5, 5.41) is 0. The largest absolute Gasteiger partial charge is 0.390 e. The molecule has 6 nitrogen and oxygen atoms in total. The highest BCUT2D eigenvalue weighted by Crippen LogP contribution is 1.77. The molecule has 1 unspecified atom stereocenters. The van der Waals surface area contributed by atoms with E-state index in [9.17, 15) is 0 Å². The first-order valence-corrected chi connectivity index (χ1v) is 2.24. The van der Waals surface area contributed by atoms with Gasteiger partial charge in [0.25, 0.3) is 0 Å². The second-order valence-electron chi connectivity index (χ2n) is 1.27. The second-order valence-corrected chi connectivity index (χ2v) is 1.27. The molecular formula is C3H10N6. The Morgan fingerprint density at radius 1 is 1.44 bits per heavy atom. The van der Waals surface area contributed by atoms with Crippen LogP contribution in [0.1, 0.15) is 0 Å². The van der Waals surface area contributed by atoms with E-state index in [1.807, 2.05) is 0 Å². The molecule has 0 aliphatic heterocycles. The Bertz CT molecular complexity index is 122. The number of aliphatic imine (C=N–C) groups is 2. The molecular weight excluding hydrogens is 120 g/mol. The van der Waals surface area contributed by atoms with Gasteiger partial charge in [-0.05, 0) is 0 Å². The van der Waals surface area contributed by atoms with Crippen LogP contribution in [0, 0.1) is 0 Å². The normalized spacial score (nSPS) is 13.4. The number of hydrogen-bond acceptors (Lipinski definition) is 3. The summed E-state index contributed by atoms with van der Waals surface area (Å²) in [7, 11) is 0. The van der Waals surface area contributed by atoms with Gasteiger partial charge >= 0.3 is 0 Å². The van der Waals surface area contributed by atoms with Gasteiger partial charge in [-0.15, -0.1) is 0 Å². The number of nitrogens with zero attached hydrogens (tertiary/aromatic N) is 2. The van der Waals surface area contributed by atoms with Crippen molar-refractivity contribution >= 4 is 12.3 Å². The Morgan fingerprint density at radius 3 is 2.33 bits per heavy atom. The van der Waals surface area contributed by atoms with Crippen LogP contribution in [0.5, 0.6) is 0 Å². The maximum atomic E-state index is 5.16. The number of hydrogen-bond donors (Lipinski definition) is 4. The third kappa shape index (κ3) is 4.56. The number of rotatable bonds is 2. The predicted octanol–water partition coefficient (Wildman–Crippen LogP) is -2.51. The number of guanidine groups is 1. The summed E-state index contributed by atoms with van der Waals surface area (Å²) in [4.78, 5) is 6.89. The van der Waals surface area contributed by atoms with Gasteiger partial charge < -0.3 is 17.2 Å². The quantitative estimate of drug-likeness (QED) is 0.243. The van der Waals surface area contributed by atoms with Crippen molar-refractivity contribution in [3.05, 3.63) is 0 Å². The van der Waals surface area contributed by atoms with E-state index in [0.29, 0.717) is 0 Å². The molecule has 8 N–H and O–H groups in total. The summed E-state index contributed by atoms with van der Waals surface area (Å²) in [5.74, 6) is -0.104. The van der Waals surface area contributed by atoms with Gasteiger partial charge in [-0.25, -0.2) is 9.98 Å². The van der Waals surface area contributed by atoms with Crippen LogP contribution in [0.3, 0.4) is 0 Å². The third-order valence-electron chi connectivity index (χ3n) is 0.520. The van der Waals surface area contributed by atoms with Crippen LogP contribution >= 0.6 is 0 Å². The summed E-state index contributed by atoms with van der Waals surface area (Å²) < 4.78 is 0. The summed E-state index contributed by atoms with van der Waals surface area (Å²) >= 11 is 0. The van der Waals surface area contributed by atoms with E-state index in [1.54, 1.807) is 0 Å². The zero-order chi connectivity index (χ0) is 7.28. The maximum absolute atomic E-state index is 5.16. The molecule has 0 spiro atoms. The van der Waals surface area contributed by atoms with Crippen LogP contribution in [0.2, 0.25) is 0 Å². The van der Waals surface area contributed by atoms with Crippen molar-refractivity contribution in [1.29, 1.82) is 0 Å². The zero-order valence-electron chi connectivity index (χ0n) is 4.86. The maximum Gasteiger partial charge on any atom is 0.196 e. The van der Waals surface area contributed by atoms with Crippen LogP contribution in [-0.2, 0) is 0 Å². The fourth-order valence-electron chi connectivity index (χ4n) is 0.274. The molecule has 0 aliphatic carbocycles. The van der Waals surface area contributed by atoms with Gasteiger partial charge in [0, 0.05) is 0 Å². The van der Waals surface area contributed by atoms with E-state index >= 15 is 0 Å². The van der Waals surface area contributed by atoms with Gasteiger partial charge in [0.05, 0.1) is 6.34 Å². The average molecular weight is 130 g/mol. The van der Waals surface area contributed by atoms with Gasteiger partial charge in [-0.1, -0.05) is 0 Å². The third-order valence-corrected chi connectivity index (χ3v) is 0.520. The summed E-state index contributed by atoms with van der Waals surface area (Å²) in [6.45, 7) is 0. The molecule has 0 heterocycles. The Labute approximate surface area is 52.6 Å². The van der Waals surface area contributed by atoms with Crippen LogP contribution in [0.25, 0.3) is 0 Å². The van der Waals surface area contributed by atoms with Crippen molar-refractivity contribution in [3.8, 4) is 0 Å². The molecule has 52 valence electrons.